The summed E-state index contributed by atoms with van der Waals surface area (Å²) in [7, 11) is 0. The zero-order chi connectivity index (χ0) is 25.7. The largest absolute Gasteiger partial charge is 0.374 e. The van der Waals surface area contributed by atoms with Gasteiger partial charge >= 0.3 is 0 Å². The number of morpholine rings is 1. The van der Waals surface area contributed by atoms with Crippen LogP contribution in [0.15, 0.2) is 30.5 Å². The van der Waals surface area contributed by atoms with Crippen LogP contribution in [0.4, 0.5) is 13.9 Å². The monoisotopic (exact) mass is 524 g/mol. The fraction of sp³-hybridized carbons (Fsp3) is 0.385. The smallest absolute Gasteiger partial charge is 0.251 e. The van der Waals surface area contributed by atoms with Gasteiger partial charge < -0.3 is 19.4 Å². The fourth-order valence-electron chi connectivity index (χ4n) is 4.67. The third-order valence-corrected chi connectivity index (χ3v) is 7.58. The highest BCUT2D eigenvalue weighted by Crippen LogP contribution is 2.33. The van der Waals surface area contributed by atoms with Crippen molar-refractivity contribution in [3.05, 3.63) is 63.9 Å². The first-order valence-corrected chi connectivity index (χ1v) is 13.1. The molecule has 1 saturated heterocycles. The lowest BCUT2D eigenvalue weighted by molar-refractivity contribution is 0.0404. The van der Waals surface area contributed by atoms with Gasteiger partial charge in [-0.1, -0.05) is 11.3 Å². The molecule has 0 spiro atoms. The van der Waals surface area contributed by atoms with Gasteiger partial charge in [-0.25, -0.2) is 13.8 Å². The first-order valence-electron chi connectivity index (χ1n) is 12.3. The molecule has 1 saturated carbocycles. The highest BCUT2D eigenvalue weighted by atomic mass is 32.1. The lowest BCUT2D eigenvalue weighted by Gasteiger charge is -2.32. The molecule has 8 nitrogen and oxygen atoms in total. The Morgan fingerprint density at radius 1 is 1.19 bits per heavy atom. The van der Waals surface area contributed by atoms with Crippen molar-refractivity contribution in [3.8, 4) is 11.3 Å². The number of benzene rings is 1. The minimum Gasteiger partial charge on any atom is -0.374 e. The van der Waals surface area contributed by atoms with Crippen LogP contribution < -0.4 is 10.2 Å². The standard InChI is InChI=1S/C26H26F2N6O2S/c1-14-5-6-34-21(12-18-13-33(7-8-36-18)26-32-31-15(2)37-26)24(30-22(34)9-14)23-19(27)10-16(11-20(23)28)25(35)29-17-3-4-17/h5-6,9-11,17-18H,3-4,7-8,12-13H2,1-2H3,(H,29,35). The number of hydrogen-bond donors (Lipinski definition) is 1. The van der Waals surface area contributed by atoms with Gasteiger partial charge in [0.05, 0.1) is 29.7 Å². The predicted molar refractivity (Wildman–Crippen MR) is 136 cm³/mol. The van der Waals surface area contributed by atoms with Gasteiger partial charge in [0.25, 0.3) is 5.91 Å². The first-order chi connectivity index (χ1) is 17.9. The Balaban J connectivity index is 1.36. The van der Waals surface area contributed by atoms with Gasteiger partial charge in [-0.05, 0) is 56.5 Å². The van der Waals surface area contributed by atoms with Crippen molar-refractivity contribution in [2.45, 2.75) is 45.3 Å². The number of aromatic nitrogens is 4. The Labute approximate surface area is 216 Å². The normalized spacial score (nSPS) is 17.9. The number of nitrogens with zero attached hydrogens (tertiary/aromatic N) is 5. The van der Waals surface area contributed by atoms with E-state index in [4.69, 9.17) is 4.74 Å². The van der Waals surface area contributed by atoms with Crippen LogP contribution in [-0.2, 0) is 11.2 Å². The van der Waals surface area contributed by atoms with Crippen LogP contribution in [0.2, 0.25) is 0 Å². The van der Waals surface area contributed by atoms with Crippen LogP contribution in [0.3, 0.4) is 0 Å². The van der Waals surface area contributed by atoms with E-state index in [2.05, 4.69) is 25.4 Å². The molecule has 0 radical (unpaired) electrons. The van der Waals surface area contributed by atoms with E-state index in [1.807, 2.05) is 36.6 Å². The van der Waals surface area contributed by atoms with Gasteiger partial charge in [0.1, 0.15) is 22.3 Å². The number of aryl methyl sites for hydroxylation is 2. The number of fused-ring (bicyclic) bond motifs is 1. The molecule has 3 aromatic heterocycles. The second-order valence-electron chi connectivity index (χ2n) is 9.65. The number of rotatable bonds is 6. The number of carbonyl (C=O) groups is 1. The summed E-state index contributed by atoms with van der Waals surface area (Å²) in [6.45, 7) is 5.61. The molecule has 11 heteroatoms. The van der Waals surface area contributed by atoms with Gasteiger partial charge in [-0.15, -0.1) is 10.2 Å². The van der Waals surface area contributed by atoms with Gasteiger partial charge in [0, 0.05) is 37.3 Å². The second-order valence-corrected chi connectivity index (χ2v) is 10.8. The maximum atomic E-state index is 15.4. The highest BCUT2D eigenvalue weighted by molar-refractivity contribution is 7.15. The molecule has 1 amide bonds. The van der Waals surface area contributed by atoms with E-state index < -0.39 is 17.5 Å². The van der Waals surface area contributed by atoms with Gasteiger partial charge in [0.15, 0.2) is 0 Å². The Morgan fingerprint density at radius 2 is 1.97 bits per heavy atom. The quantitative estimate of drug-likeness (QED) is 0.409. The molecular formula is C26H26F2N6O2S. The summed E-state index contributed by atoms with van der Waals surface area (Å²) in [6.07, 6.45) is 3.78. The maximum Gasteiger partial charge on any atom is 0.251 e. The molecule has 2 aliphatic rings. The Bertz CT molecular complexity index is 1470. The van der Waals surface area contributed by atoms with Crippen LogP contribution in [0.25, 0.3) is 16.9 Å². The lowest BCUT2D eigenvalue weighted by atomic mass is 10.0. The summed E-state index contributed by atoms with van der Waals surface area (Å²) in [5.41, 5.74) is 2.14. The Morgan fingerprint density at radius 3 is 2.68 bits per heavy atom. The number of ether oxygens (including phenoxy) is 1. The van der Waals surface area contributed by atoms with E-state index in [0.717, 1.165) is 40.7 Å². The van der Waals surface area contributed by atoms with Crippen molar-refractivity contribution in [1.29, 1.82) is 0 Å². The second kappa shape index (κ2) is 9.46. The maximum absolute atomic E-state index is 15.4. The third-order valence-electron chi connectivity index (χ3n) is 6.68. The molecule has 1 unspecified atom stereocenters. The highest BCUT2D eigenvalue weighted by Gasteiger charge is 2.29. The molecule has 1 aromatic carbocycles. The molecule has 1 N–H and O–H groups in total. The van der Waals surface area contributed by atoms with E-state index in [9.17, 15) is 4.79 Å². The molecule has 192 valence electrons. The molecule has 1 aliphatic carbocycles. The predicted octanol–water partition coefficient (Wildman–Crippen LogP) is 4.09. The van der Waals surface area contributed by atoms with Gasteiger partial charge in [-0.3, -0.25) is 4.79 Å². The van der Waals surface area contributed by atoms with Crippen LogP contribution in [0.5, 0.6) is 0 Å². The fourth-order valence-corrected chi connectivity index (χ4v) is 5.39. The van der Waals surface area contributed by atoms with Crippen molar-refractivity contribution >= 4 is 28.0 Å². The number of carbonyl (C=O) groups excluding carboxylic acids is 1. The van der Waals surface area contributed by atoms with Crippen LogP contribution in [-0.4, -0.2) is 57.3 Å². The topological polar surface area (TPSA) is 84.6 Å². The summed E-state index contributed by atoms with van der Waals surface area (Å²) >= 11 is 1.52. The summed E-state index contributed by atoms with van der Waals surface area (Å²) in [6, 6.07) is 6.07. The number of anilines is 1. The lowest BCUT2D eigenvalue weighted by Crippen LogP contribution is -2.43. The van der Waals surface area contributed by atoms with E-state index in [1.165, 1.54) is 11.3 Å². The summed E-state index contributed by atoms with van der Waals surface area (Å²) < 4.78 is 38.8. The van der Waals surface area contributed by atoms with Crippen LogP contribution in [0, 0.1) is 25.5 Å². The Kier molecular flexibility index (Phi) is 6.12. The van der Waals surface area contributed by atoms with E-state index >= 15 is 8.78 Å². The van der Waals surface area contributed by atoms with E-state index in [-0.39, 0.29) is 29.0 Å². The summed E-state index contributed by atoms with van der Waals surface area (Å²) in [5.74, 6) is -2.11. The van der Waals surface area contributed by atoms with Crippen molar-refractivity contribution < 1.29 is 18.3 Å². The molecule has 1 aliphatic heterocycles. The number of halogens is 2. The zero-order valence-corrected chi connectivity index (χ0v) is 21.3. The zero-order valence-electron chi connectivity index (χ0n) is 20.5. The van der Waals surface area contributed by atoms with Crippen LogP contribution in [0.1, 0.15) is 39.5 Å². The number of imidazole rings is 1. The minimum atomic E-state index is -0.821. The average Bonchev–Trinajstić information content (AvgIpc) is 3.47. The third kappa shape index (κ3) is 4.80. The number of pyridine rings is 1. The summed E-state index contributed by atoms with van der Waals surface area (Å²) in [5, 5.41) is 12.9. The SMILES string of the molecule is Cc1ccn2c(CC3CN(c4nnc(C)s4)CCO3)c(-c3c(F)cc(C(=O)NC4CC4)cc3F)nc2c1. The molecule has 4 heterocycles. The minimum absolute atomic E-state index is 0.0367. The average molecular weight is 525 g/mol. The number of hydrogen-bond acceptors (Lipinski definition) is 7. The van der Waals surface area contributed by atoms with Crippen molar-refractivity contribution in [3.63, 3.8) is 0 Å². The van der Waals surface area contributed by atoms with Crippen LogP contribution >= 0.6 is 11.3 Å². The molecule has 2 fully saturated rings. The molecule has 0 bridgehead atoms. The van der Waals surface area contributed by atoms with Gasteiger partial charge in [0.2, 0.25) is 5.13 Å². The molecule has 6 rings (SSSR count). The molecule has 4 aromatic rings. The van der Waals surface area contributed by atoms with E-state index in [0.29, 0.717) is 37.5 Å². The van der Waals surface area contributed by atoms with Gasteiger partial charge in [-0.2, -0.15) is 0 Å². The molecule has 37 heavy (non-hydrogen) atoms. The molecule has 1 atom stereocenters. The number of nitrogens with one attached hydrogen (secondary N) is 1. The molecular weight excluding hydrogens is 498 g/mol. The van der Waals surface area contributed by atoms with Crippen molar-refractivity contribution in [1.82, 2.24) is 24.9 Å². The number of amides is 1. The van der Waals surface area contributed by atoms with Crippen molar-refractivity contribution in [2.24, 2.45) is 0 Å². The van der Waals surface area contributed by atoms with E-state index in [1.54, 1.807) is 0 Å². The van der Waals surface area contributed by atoms with Crippen molar-refractivity contribution in [2.75, 3.05) is 24.6 Å². The Hall–Kier alpha value is -3.44. The first kappa shape index (κ1) is 23.9. The summed E-state index contributed by atoms with van der Waals surface area (Å²) in [4.78, 5) is 19.2.